The highest BCUT2D eigenvalue weighted by Crippen LogP contribution is 2.36. The summed E-state index contributed by atoms with van der Waals surface area (Å²) in [6.07, 6.45) is 1.29. The molecule has 3 rings (SSSR count). The number of carboxylic acids is 1. The van der Waals surface area contributed by atoms with Crippen molar-refractivity contribution in [2.45, 2.75) is 18.9 Å². The third-order valence-corrected chi connectivity index (χ3v) is 6.32. The van der Waals surface area contributed by atoms with Crippen molar-refractivity contribution in [1.29, 1.82) is 0 Å². The zero-order chi connectivity index (χ0) is 15.0. The van der Waals surface area contributed by atoms with Gasteiger partial charge in [-0.25, -0.2) is 4.79 Å². The van der Waals surface area contributed by atoms with Crippen LogP contribution in [0.4, 0.5) is 0 Å². The first-order chi connectivity index (χ1) is 10.1. The molecule has 2 aromatic rings. The van der Waals surface area contributed by atoms with Crippen LogP contribution in [0.3, 0.4) is 0 Å². The molecular weight excluding hydrogens is 374 g/mol. The first-order valence-corrected chi connectivity index (χ1v) is 8.88. The Bertz CT molecular complexity index is 694. The minimum Gasteiger partial charge on any atom is -0.480 e. The van der Waals surface area contributed by atoms with Gasteiger partial charge in [0.1, 0.15) is 6.04 Å². The van der Waals surface area contributed by atoms with Crippen molar-refractivity contribution in [1.82, 2.24) is 4.90 Å². The Morgan fingerprint density at radius 3 is 2.57 bits per heavy atom. The normalized spacial score (nSPS) is 18.1. The van der Waals surface area contributed by atoms with Crippen LogP contribution in [0.15, 0.2) is 28.1 Å². The van der Waals surface area contributed by atoms with Gasteiger partial charge >= 0.3 is 5.97 Å². The van der Waals surface area contributed by atoms with Crippen LogP contribution < -0.4 is 0 Å². The van der Waals surface area contributed by atoms with Gasteiger partial charge in [-0.05, 0) is 53.0 Å². The van der Waals surface area contributed by atoms with Crippen molar-refractivity contribution in [2.75, 3.05) is 6.54 Å². The number of aliphatic carboxylic acids is 1. The van der Waals surface area contributed by atoms with E-state index in [0.29, 0.717) is 17.8 Å². The molecular formula is C14H12BrNO3S2. The van der Waals surface area contributed by atoms with Crippen LogP contribution in [0, 0.1) is 0 Å². The lowest BCUT2D eigenvalue weighted by atomic mass is 10.2. The van der Waals surface area contributed by atoms with Gasteiger partial charge in [-0.2, -0.15) is 0 Å². The summed E-state index contributed by atoms with van der Waals surface area (Å²) in [6, 6.07) is 7.00. The third-order valence-electron chi connectivity index (χ3n) is 3.43. The summed E-state index contributed by atoms with van der Waals surface area (Å²) < 4.78 is 1.05. The van der Waals surface area contributed by atoms with Crippen LogP contribution in [0.2, 0.25) is 0 Å². The standard InChI is InChI=1S/C14H12BrNO3S2/c15-12-6-5-10(21-12)9-3-4-11(20-9)13(17)16-7-1-2-8(16)14(18)19/h3-6,8H,1-2,7H2,(H,18,19)/t8-/m0/s1. The van der Waals surface area contributed by atoms with Crippen molar-refractivity contribution < 1.29 is 14.7 Å². The van der Waals surface area contributed by atoms with E-state index < -0.39 is 12.0 Å². The predicted octanol–water partition coefficient (Wildman–Crippen LogP) is 3.93. The van der Waals surface area contributed by atoms with Crippen LogP contribution in [0.25, 0.3) is 9.75 Å². The zero-order valence-electron chi connectivity index (χ0n) is 10.9. The number of rotatable bonds is 3. The molecule has 7 heteroatoms. The molecule has 1 aliphatic heterocycles. The van der Waals surface area contributed by atoms with E-state index in [4.69, 9.17) is 0 Å². The van der Waals surface area contributed by atoms with Crippen LogP contribution in [0.5, 0.6) is 0 Å². The number of amides is 1. The molecule has 2 aromatic heterocycles. The quantitative estimate of drug-likeness (QED) is 0.870. The summed E-state index contributed by atoms with van der Waals surface area (Å²) >= 11 is 6.45. The molecule has 1 aliphatic rings. The molecule has 4 nitrogen and oxygen atoms in total. The van der Waals surface area contributed by atoms with Crippen molar-refractivity contribution in [3.8, 4) is 9.75 Å². The largest absolute Gasteiger partial charge is 0.480 e. The first kappa shape index (κ1) is 14.7. The van der Waals surface area contributed by atoms with Crippen molar-refractivity contribution in [3.63, 3.8) is 0 Å². The first-order valence-electron chi connectivity index (χ1n) is 6.45. The van der Waals surface area contributed by atoms with E-state index in [1.165, 1.54) is 16.2 Å². The Labute approximate surface area is 138 Å². The molecule has 110 valence electrons. The number of thiophene rings is 2. The fourth-order valence-electron chi connectivity index (χ4n) is 2.44. The van der Waals surface area contributed by atoms with Gasteiger partial charge in [0.05, 0.1) is 8.66 Å². The summed E-state index contributed by atoms with van der Waals surface area (Å²) in [5.41, 5.74) is 0. The van der Waals surface area contributed by atoms with E-state index in [1.54, 1.807) is 17.4 Å². The molecule has 1 fully saturated rings. The van der Waals surface area contributed by atoms with E-state index in [-0.39, 0.29) is 5.91 Å². The van der Waals surface area contributed by atoms with E-state index in [2.05, 4.69) is 15.9 Å². The molecule has 0 aromatic carbocycles. The highest BCUT2D eigenvalue weighted by Gasteiger charge is 2.34. The molecule has 1 N–H and O–H groups in total. The molecule has 3 heterocycles. The van der Waals surface area contributed by atoms with Gasteiger partial charge in [-0.1, -0.05) is 0 Å². The highest BCUT2D eigenvalue weighted by atomic mass is 79.9. The lowest BCUT2D eigenvalue weighted by Gasteiger charge is -2.20. The molecule has 0 spiro atoms. The second kappa shape index (κ2) is 5.90. The second-order valence-electron chi connectivity index (χ2n) is 4.76. The molecule has 0 radical (unpaired) electrons. The molecule has 0 bridgehead atoms. The number of nitrogens with zero attached hydrogens (tertiary/aromatic N) is 1. The molecule has 1 saturated heterocycles. The number of halogens is 1. The lowest BCUT2D eigenvalue weighted by Crippen LogP contribution is -2.40. The van der Waals surface area contributed by atoms with Crippen molar-refractivity contribution in [2.24, 2.45) is 0 Å². The second-order valence-corrected chi connectivity index (χ2v) is 8.31. The predicted molar refractivity (Wildman–Crippen MR) is 87.0 cm³/mol. The van der Waals surface area contributed by atoms with E-state index in [1.807, 2.05) is 18.2 Å². The van der Waals surface area contributed by atoms with Gasteiger partial charge in [0.25, 0.3) is 5.91 Å². The Balaban J connectivity index is 1.83. The maximum atomic E-state index is 12.5. The molecule has 0 unspecified atom stereocenters. The van der Waals surface area contributed by atoms with Gasteiger partial charge < -0.3 is 10.0 Å². The van der Waals surface area contributed by atoms with Crippen molar-refractivity contribution >= 4 is 50.5 Å². The Morgan fingerprint density at radius 1 is 1.19 bits per heavy atom. The maximum Gasteiger partial charge on any atom is 0.326 e. The van der Waals surface area contributed by atoms with Gasteiger partial charge in [0.2, 0.25) is 0 Å². The number of hydrogen-bond acceptors (Lipinski definition) is 4. The SMILES string of the molecule is O=C(O)[C@@H]1CCCN1C(=O)c1ccc(-c2ccc(Br)s2)s1. The zero-order valence-corrected chi connectivity index (χ0v) is 14.1. The highest BCUT2D eigenvalue weighted by molar-refractivity contribution is 9.11. The summed E-state index contributed by atoms with van der Waals surface area (Å²) in [5.74, 6) is -1.09. The molecule has 0 aliphatic carbocycles. The Morgan fingerprint density at radius 2 is 1.90 bits per heavy atom. The molecule has 21 heavy (non-hydrogen) atoms. The van der Waals surface area contributed by atoms with Crippen LogP contribution in [0.1, 0.15) is 22.5 Å². The average molecular weight is 386 g/mol. The van der Waals surface area contributed by atoms with E-state index >= 15 is 0 Å². The Hall–Kier alpha value is -1.18. The molecule has 1 atom stereocenters. The van der Waals surface area contributed by atoms with Gasteiger partial charge in [0, 0.05) is 16.3 Å². The van der Waals surface area contributed by atoms with Gasteiger partial charge in [-0.3, -0.25) is 4.79 Å². The fourth-order valence-corrected chi connectivity index (χ4v) is 4.88. The number of hydrogen-bond donors (Lipinski definition) is 1. The maximum absolute atomic E-state index is 12.5. The summed E-state index contributed by atoms with van der Waals surface area (Å²) in [4.78, 5) is 27.9. The monoisotopic (exact) mass is 385 g/mol. The van der Waals surface area contributed by atoms with E-state index in [9.17, 15) is 14.7 Å². The fraction of sp³-hybridized carbons (Fsp3) is 0.286. The summed E-state index contributed by atoms with van der Waals surface area (Å²) in [7, 11) is 0. The topological polar surface area (TPSA) is 57.6 Å². The van der Waals surface area contributed by atoms with Crippen molar-refractivity contribution in [3.05, 3.63) is 32.9 Å². The number of likely N-dealkylation sites (tertiary alicyclic amines) is 1. The molecule has 0 saturated carbocycles. The smallest absolute Gasteiger partial charge is 0.326 e. The number of carbonyl (C=O) groups excluding carboxylic acids is 1. The average Bonchev–Trinajstić information content (AvgIpc) is 3.17. The number of carboxylic acid groups (broad SMARTS) is 1. The van der Waals surface area contributed by atoms with Gasteiger partial charge in [-0.15, -0.1) is 22.7 Å². The lowest BCUT2D eigenvalue weighted by molar-refractivity contribution is -0.141. The van der Waals surface area contributed by atoms with Crippen LogP contribution in [-0.4, -0.2) is 34.5 Å². The van der Waals surface area contributed by atoms with Crippen LogP contribution >= 0.6 is 38.6 Å². The van der Waals surface area contributed by atoms with E-state index in [0.717, 1.165) is 20.0 Å². The number of carbonyl (C=O) groups is 2. The Kier molecular flexibility index (Phi) is 4.14. The third kappa shape index (κ3) is 2.90. The minimum atomic E-state index is -0.917. The molecule has 1 amide bonds. The summed E-state index contributed by atoms with van der Waals surface area (Å²) in [6.45, 7) is 0.521. The van der Waals surface area contributed by atoms with Gasteiger partial charge in [0.15, 0.2) is 0 Å². The van der Waals surface area contributed by atoms with Crippen LogP contribution in [-0.2, 0) is 4.79 Å². The summed E-state index contributed by atoms with van der Waals surface area (Å²) in [5, 5.41) is 9.17. The minimum absolute atomic E-state index is 0.174.